The summed E-state index contributed by atoms with van der Waals surface area (Å²) in [6.45, 7) is 7.32. The molecule has 1 aromatic heterocycles. The summed E-state index contributed by atoms with van der Waals surface area (Å²) in [4.78, 5) is 16.7. The number of fused-ring (bicyclic) bond motifs is 1. The fourth-order valence-electron chi connectivity index (χ4n) is 3.20. The van der Waals surface area contributed by atoms with E-state index in [2.05, 4.69) is 17.0 Å². The van der Waals surface area contributed by atoms with E-state index in [1.807, 2.05) is 0 Å². The average Bonchev–Trinajstić information content (AvgIpc) is 2.93. The molecular formula is C15H23N3O4. The number of nitrogens with zero attached hydrogens (tertiary/aromatic N) is 3. The highest BCUT2D eigenvalue weighted by atomic mass is 16.5. The Balaban J connectivity index is 1.64. The van der Waals surface area contributed by atoms with Crippen molar-refractivity contribution in [3.8, 4) is 5.88 Å². The van der Waals surface area contributed by atoms with Crippen molar-refractivity contribution in [2.45, 2.75) is 19.4 Å². The second kappa shape index (κ2) is 6.66. The minimum Gasteiger partial charge on any atom is -0.479 e. The Hall–Kier alpha value is -1.60. The smallest absolute Gasteiger partial charge is 0.292 e. The minimum atomic E-state index is -0.144. The summed E-state index contributed by atoms with van der Waals surface area (Å²) in [7, 11) is 1.50. The monoisotopic (exact) mass is 309 g/mol. The molecule has 7 heteroatoms. The van der Waals surface area contributed by atoms with Crippen LogP contribution >= 0.6 is 0 Å². The van der Waals surface area contributed by atoms with Crippen molar-refractivity contribution in [1.29, 1.82) is 0 Å². The molecule has 3 heterocycles. The number of aromatic nitrogens is 1. The van der Waals surface area contributed by atoms with Gasteiger partial charge in [-0.25, -0.2) is 0 Å². The topological polar surface area (TPSA) is 68.0 Å². The van der Waals surface area contributed by atoms with Crippen LogP contribution < -0.4 is 4.74 Å². The van der Waals surface area contributed by atoms with Crippen molar-refractivity contribution in [1.82, 2.24) is 15.0 Å². The second-order valence-corrected chi connectivity index (χ2v) is 5.84. The number of likely N-dealkylation sites (tertiary alicyclic amines) is 1. The molecule has 0 radical (unpaired) electrons. The van der Waals surface area contributed by atoms with Crippen molar-refractivity contribution in [3.05, 3.63) is 11.8 Å². The van der Waals surface area contributed by atoms with Crippen molar-refractivity contribution in [2.75, 3.05) is 46.4 Å². The molecule has 0 aliphatic carbocycles. The quantitative estimate of drug-likeness (QED) is 0.825. The molecule has 1 aromatic rings. The first-order valence-electron chi connectivity index (χ1n) is 7.85. The Morgan fingerprint density at radius 2 is 2.32 bits per heavy atom. The lowest BCUT2D eigenvalue weighted by Gasteiger charge is -2.37. The van der Waals surface area contributed by atoms with Crippen molar-refractivity contribution in [2.24, 2.45) is 5.92 Å². The zero-order valence-corrected chi connectivity index (χ0v) is 13.2. The lowest BCUT2D eigenvalue weighted by atomic mass is 9.93. The second-order valence-electron chi connectivity index (χ2n) is 5.84. The zero-order chi connectivity index (χ0) is 15.5. The van der Waals surface area contributed by atoms with Crippen molar-refractivity contribution >= 4 is 5.91 Å². The fraction of sp³-hybridized carbons (Fsp3) is 0.733. The standard InChI is InChI=1S/C15H23N3O4/c1-3-17-6-7-21-13-10-18(5-4-11(13)9-17)15(19)12-8-14(20-2)16-22-12/h8,11,13H,3-7,9-10H2,1-2H3. The van der Waals surface area contributed by atoms with Crippen LogP contribution in [0.5, 0.6) is 5.88 Å². The number of hydrogen-bond acceptors (Lipinski definition) is 6. The first-order valence-corrected chi connectivity index (χ1v) is 7.85. The van der Waals surface area contributed by atoms with Gasteiger partial charge in [0, 0.05) is 32.1 Å². The zero-order valence-electron chi connectivity index (χ0n) is 13.2. The summed E-state index contributed by atoms with van der Waals surface area (Å²) in [5.41, 5.74) is 0. The normalized spacial score (nSPS) is 26.4. The number of methoxy groups -OCH3 is 1. The summed E-state index contributed by atoms with van der Waals surface area (Å²) < 4.78 is 16.0. The molecular weight excluding hydrogens is 286 g/mol. The Labute approximate surface area is 130 Å². The molecule has 2 atom stereocenters. The highest BCUT2D eigenvalue weighted by Crippen LogP contribution is 2.25. The van der Waals surface area contributed by atoms with Crippen LogP contribution in [-0.4, -0.2) is 73.4 Å². The molecule has 1 amide bonds. The van der Waals surface area contributed by atoms with E-state index in [0.717, 1.165) is 39.2 Å². The van der Waals surface area contributed by atoms with Crippen LogP contribution in [0.25, 0.3) is 0 Å². The number of hydrogen-bond donors (Lipinski definition) is 0. The Bertz CT molecular complexity index is 519. The van der Waals surface area contributed by atoms with Crippen LogP contribution in [0.15, 0.2) is 10.6 Å². The maximum Gasteiger partial charge on any atom is 0.292 e. The maximum atomic E-state index is 12.5. The predicted octanol–water partition coefficient (Wildman–Crippen LogP) is 0.866. The van der Waals surface area contributed by atoms with Crippen LogP contribution in [-0.2, 0) is 4.74 Å². The van der Waals surface area contributed by atoms with E-state index < -0.39 is 0 Å². The summed E-state index contributed by atoms with van der Waals surface area (Å²) in [5.74, 6) is 0.895. The van der Waals surface area contributed by atoms with Crippen LogP contribution in [0.2, 0.25) is 0 Å². The molecule has 22 heavy (non-hydrogen) atoms. The van der Waals surface area contributed by atoms with Crippen molar-refractivity contribution < 1.29 is 18.8 Å². The van der Waals surface area contributed by atoms with Gasteiger partial charge in [0.15, 0.2) is 0 Å². The number of carbonyl (C=O) groups is 1. The molecule has 122 valence electrons. The maximum absolute atomic E-state index is 12.5. The van der Waals surface area contributed by atoms with E-state index in [1.165, 1.54) is 13.2 Å². The van der Waals surface area contributed by atoms with Gasteiger partial charge in [0.1, 0.15) is 0 Å². The number of piperidine rings is 1. The van der Waals surface area contributed by atoms with E-state index >= 15 is 0 Å². The lowest BCUT2D eigenvalue weighted by molar-refractivity contribution is -0.0180. The lowest BCUT2D eigenvalue weighted by Crippen LogP contribution is -2.49. The molecule has 2 saturated heterocycles. The van der Waals surface area contributed by atoms with Crippen LogP contribution in [0.3, 0.4) is 0 Å². The number of likely N-dealkylation sites (N-methyl/N-ethyl adjacent to an activating group) is 1. The third-order valence-corrected chi connectivity index (χ3v) is 4.57. The molecule has 0 aromatic carbocycles. The Morgan fingerprint density at radius 1 is 1.45 bits per heavy atom. The first kappa shape index (κ1) is 15.3. The largest absolute Gasteiger partial charge is 0.479 e. The summed E-state index contributed by atoms with van der Waals surface area (Å²) in [6.07, 6.45) is 1.07. The molecule has 7 nitrogen and oxygen atoms in total. The third-order valence-electron chi connectivity index (χ3n) is 4.57. The fourth-order valence-corrected chi connectivity index (χ4v) is 3.20. The SMILES string of the molecule is CCN1CCOC2CN(C(=O)c3cc(OC)no3)CCC2C1. The third kappa shape index (κ3) is 3.10. The van der Waals surface area contributed by atoms with Gasteiger partial charge in [-0.1, -0.05) is 6.92 Å². The molecule has 0 saturated carbocycles. The molecule has 2 fully saturated rings. The number of carbonyl (C=O) groups excluding carboxylic acids is 1. The van der Waals surface area contributed by atoms with Crippen LogP contribution in [0.4, 0.5) is 0 Å². The van der Waals surface area contributed by atoms with E-state index in [0.29, 0.717) is 18.3 Å². The number of rotatable bonds is 3. The van der Waals surface area contributed by atoms with Gasteiger partial charge >= 0.3 is 0 Å². The predicted molar refractivity (Wildman–Crippen MR) is 78.9 cm³/mol. The van der Waals surface area contributed by atoms with Crippen LogP contribution in [0.1, 0.15) is 23.9 Å². The Kier molecular flexibility index (Phi) is 4.63. The molecule has 0 spiro atoms. The van der Waals surface area contributed by atoms with Crippen LogP contribution in [0, 0.1) is 5.92 Å². The summed E-state index contributed by atoms with van der Waals surface area (Å²) in [6, 6.07) is 1.53. The Morgan fingerprint density at radius 3 is 3.05 bits per heavy atom. The number of ether oxygens (including phenoxy) is 2. The summed E-state index contributed by atoms with van der Waals surface area (Å²) >= 11 is 0. The van der Waals surface area contributed by atoms with Gasteiger partial charge < -0.3 is 23.8 Å². The average molecular weight is 309 g/mol. The van der Waals surface area contributed by atoms with Gasteiger partial charge in [-0.05, 0) is 18.1 Å². The first-order chi connectivity index (χ1) is 10.7. The van der Waals surface area contributed by atoms with Gasteiger partial charge in [-0.3, -0.25) is 4.79 Å². The van der Waals surface area contributed by atoms with E-state index in [4.69, 9.17) is 14.0 Å². The van der Waals surface area contributed by atoms with E-state index in [1.54, 1.807) is 4.90 Å². The molecule has 0 N–H and O–H groups in total. The van der Waals surface area contributed by atoms with E-state index in [-0.39, 0.29) is 17.8 Å². The number of amides is 1. The molecule has 2 unspecified atom stereocenters. The molecule has 2 aliphatic rings. The van der Waals surface area contributed by atoms with Crippen molar-refractivity contribution in [3.63, 3.8) is 0 Å². The molecule has 0 bridgehead atoms. The van der Waals surface area contributed by atoms with Gasteiger partial charge in [-0.15, -0.1) is 0 Å². The van der Waals surface area contributed by atoms with Gasteiger partial charge in [0.2, 0.25) is 5.76 Å². The highest BCUT2D eigenvalue weighted by Gasteiger charge is 2.35. The van der Waals surface area contributed by atoms with Gasteiger partial charge in [0.25, 0.3) is 11.8 Å². The molecule has 2 aliphatic heterocycles. The molecule has 3 rings (SSSR count). The highest BCUT2D eigenvalue weighted by molar-refractivity contribution is 5.91. The van der Waals surface area contributed by atoms with Gasteiger partial charge in [0.05, 0.1) is 25.9 Å². The van der Waals surface area contributed by atoms with Gasteiger partial charge in [-0.2, -0.15) is 0 Å². The van der Waals surface area contributed by atoms with E-state index in [9.17, 15) is 4.79 Å². The summed E-state index contributed by atoms with van der Waals surface area (Å²) in [5, 5.41) is 3.69. The minimum absolute atomic E-state index is 0.110.